The number of hydrogen-bond donors (Lipinski definition) is 2. The van der Waals surface area contributed by atoms with E-state index < -0.39 is 11.9 Å². The zero-order valence-corrected chi connectivity index (χ0v) is 15.5. The van der Waals surface area contributed by atoms with Gasteiger partial charge in [0.2, 0.25) is 17.8 Å². The van der Waals surface area contributed by atoms with Crippen LogP contribution in [0.25, 0.3) is 0 Å². The number of aromatic nitrogens is 3. The van der Waals surface area contributed by atoms with Crippen LogP contribution in [0.15, 0.2) is 0 Å². The summed E-state index contributed by atoms with van der Waals surface area (Å²) in [5.41, 5.74) is 0. The second-order valence-electron chi connectivity index (χ2n) is 4.53. The van der Waals surface area contributed by atoms with Crippen LogP contribution in [0.5, 0.6) is 0 Å². The fraction of sp³-hybridized carbons (Fsp3) is 0.545. The summed E-state index contributed by atoms with van der Waals surface area (Å²) in [6.45, 7) is 0. The first kappa shape index (κ1) is 22.3. The Labute approximate surface area is 143 Å². The van der Waals surface area contributed by atoms with Gasteiger partial charge in [0.05, 0.1) is 0 Å². The number of carbonyl (C=O) groups is 2. The van der Waals surface area contributed by atoms with Gasteiger partial charge >= 0.3 is 11.9 Å². The van der Waals surface area contributed by atoms with Crippen molar-refractivity contribution in [3.8, 4) is 0 Å². The second kappa shape index (κ2) is 9.88. The molecular formula is C11H20N6O4Pt. The van der Waals surface area contributed by atoms with Crippen LogP contribution >= 0.6 is 0 Å². The SMILES string of the molecule is CN(C)c1nc(N(C)C)nc(N(C)C)n1.O=C(O)C(=O)O.[Pt]. The van der Waals surface area contributed by atoms with Gasteiger partial charge in [0, 0.05) is 63.4 Å². The van der Waals surface area contributed by atoms with E-state index in [-0.39, 0.29) is 21.1 Å². The van der Waals surface area contributed by atoms with Crippen LogP contribution in [0.1, 0.15) is 0 Å². The molecular weight excluding hydrogens is 475 g/mol. The number of carboxylic acids is 2. The quantitative estimate of drug-likeness (QED) is 0.517. The number of hydrogen-bond acceptors (Lipinski definition) is 8. The number of carboxylic acid groups (broad SMARTS) is 2. The monoisotopic (exact) mass is 495 g/mol. The molecule has 2 N–H and O–H groups in total. The zero-order valence-electron chi connectivity index (χ0n) is 13.2. The molecule has 0 saturated heterocycles. The molecule has 0 aromatic carbocycles. The summed E-state index contributed by atoms with van der Waals surface area (Å²) in [6, 6.07) is 0. The maximum Gasteiger partial charge on any atom is 0.414 e. The molecule has 1 heterocycles. The smallest absolute Gasteiger partial charge is 0.414 e. The summed E-state index contributed by atoms with van der Waals surface area (Å²) in [6.07, 6.45) is 0. The van der Waals surface area contributed by atoms with Crippen molar-refractivity contribution in [1.82, 2.24) is 15.0 Å². The molecule has 0 spiro atoms. The molecule has 0 aliphatic carbocycles. The predicted molar refractivity (Wildman–Crippen MR) is 78.1 cm³/mol. The number of rotatable bonds is 3. The van der Waals surface area contributed by atoms with Crippen LogP contribution in [-0.4, -0.2) is 79.4 Å². The van der Waals surface area contributed by atoms with Gasteiger partial charge < -0.3 is 24.9 Å². The van der Waals surface area contributed by atoms with E-state index in [0.717, 1.165) is 0 Å². The van der Waals surface area contributed by atoms with Crippen molar-refractivity contribution in [1.29, 1.82) is 0 Å². The van der Waals surface area contributed by atoms with Gasteiger partial charge in [0.15, 0.2) is 0 Å². The van der Waals surface area contributed by atoms with Crippen LogP contribution in [0.3, 0.4) is 0 Å². The van der Waals surface area contributed by atoms with Gasteiger partial charge in [-0.15, -0.1) is 0 Å². The third-order valence-corrected chi connectivity index (χ3v) is 1.98. The molecule has 0 bridgehead atoms. The van der Waals surface area contributed by atoms with Gasteiger partial charge in [0.25, 0.3) is 0 Å². The third-order valence-electron chi connectivity index (χ3n) is 1.98. The third kappa shape index (κ3) is 7.72. The molecule has 128 valence electrons. The molecule has 1 aromatic rings. The molecule has 0 unspecified atom stereocenters. The Bertz CT molecular complexity index is 433. The average Bonchev–Trinajstić information content (AvgIpc) is 2.38. The Morgan fingerprint density at radius 2 is 0.864 bits per heavy atom. The Balaban J connectivity index is 0. The molecule has 1 rings (SSSR count). The molecule has 0 aliphatic heterocycles. The van der Waals surface area contributed by atoms with Crippen LogP contribution < -0.4 is 14.7 Å². The van der Waals surface area contributed by atoms with E-state index in [9.17, 15) is 0 Å². The summed E-state index contributed by atoms with van der Waals surface area (Å²) in [5.74, 6) is -1.66. The maximum absolute atomic E-state index is 9.10. The molecule has 22 heavy (non-hydrogen) atoms. The Morgan fingerprint density at radius 3 is 0.955 bits per heavy atom. The van der Waals surface area contributed by atoms with Crippen LogP contribution in [0.4, 0.5) is 17.8 Å². The number of aliphatic carboxylic acids is 2. The van der Waals surface area contributed by atoms with Crippen molar-refractivity contribution in [2.75, 3.05) is 57.0 Å². The summed E-state index contributed by atoms with van der Waals surface area (Å²) >= 11 is 0. The van der Waals surface area contributed by atoms with E-state index in [4.69, 9.17) is 19.8 Å². The van der Waals surface area contributed by atoms with E-state index in [1.807, 2.05) is 57.0 Å². The van der Waals surface area contributed by atoms with Crippen molar-refractivity contribution in [3.05, 3.63) is 0 Å². The van der Waals surface area contributed by atoms with Crippen molar-refractivity contribution >= 4 is 29.8 Å². The van der Waals surface area contributed by atoms with E-state index in [1.54, 1.807) is 0 Å². The molecule has 0 fully saturated rings. The van der Waals surface area contributed by atoms with Gasteiger partial charge in [-0.25, -0.2) is 9.59 Å². The van der Waals surface area contributed by atoms with Crippen molar-refractivity contribution in [3.63, 3.8) is 0 Å². The number of nitrogens with zero attached hydrogens (tertiary/aromatic N) is 6. The minimum absolute atomic E-state index is 0. The van der Waals surface area contributed by atoms with Crippen LogP contribution in [-0.2, 0) is 30.7 Å². The first-order valence-corrected chi connectivity index (χ1v) is 5.80. The van der Waals surface area contributed by atoms with E-state index >= 15 is 0 Å². The van der Waals surface area contributed by atoms with E-state index in [0.29, 0.717) is 17.8 Å². The summed E-state index contributed by atoms with van der Waals surface area (Å²) < 4.78 is 0. The second-order valence-corrected chi connectivity index (χ2v) is 4.53. The normalized spacial score (nSPS) is 8.82. The van der Waals surface area contributed by atoms with Crippen LogP contribution in [0, 0.1) is 0 Å². The Hall–Kier alpha value is -1.96. The summed E-state index contributed by atoms with van der Waals surface area (Å²) in [7, 11) is 11.5. The topological polar surface area (TPSA) is 123 Å². The van der Waals surface area contributed by atoms with Crippen molar-refractivity contribution < 1.29 is 40.9 Å². The molecule has 0 aliphatic rings. The average molecular weight is 495 g/mol. The van der Waals surface area contributed by atoms with E-state index in [2.05, 4.69) is 15.0 Å². The van der Waals surface area contributed by atoms with Crippen LogP contribution in [0.2, 0.25) is 0 Å². The van der Waals surface area contributed by atoms with Gasteiger partial charge in [0.1, 0.15) is 0 Å². The first-order valence-electron chi connectivity index (χ1n) is 5.80. The standard InChI is InChI=1S/C9H18N6.C2H2O4.Pt/c1-13(2)7-10-8(14(3)4)12-9(11-7)15(5)6;3-1(4)2(5)6;/h1-6H3;(H,3,4)(H,5,6);. The Morgan fingerprint density at radius 1 is 0.682 bits per heavy atom. The molecule has 0 atom stereocenters. The molecule has 11 heteroatoms. The minimum Gasteiger partial charge on any atom is -0.473 e. The summed E-state index contributed by atoms with van der Waals surface area (Å²) in [4.78, 5) is 36.7. The van der Waals surface area contributed by atoms with Crippen molar-refractivity contribution in [2.45, 2.75) is 0 Å². The van der Waals surface area contributed by atoms with E-state index in [1.165, 1.54) is 0 Å². The minimum atomic E-state index is -1.82. The fourth-order valence-electron chi connectivity index (χ4n) is 0.943. The first-order chi connectivity index (χ1) is 9.56. The van der Waals surface area contributed by atoms with Gasteiger partial charge in [-0.3, -0.25) is 0 Å². The molecule has 0 saturated carbocycles. The maximum atomic E-state index is 9.10. The van der Waals surface area contributed by atoms with Gasteiger partial charge in [-0.2, -0.15) is 15.0 Å². The number of anilines is 3. The molecule has 0 amide bonds. The summed E-state index contributed by atoms with van der Waals surface area (Å²) in [5, 5.41) is 14.8. The fourth-order valence-corrected chi connectivity index (χ4v) is 0.943. The molecule has 10 nitrogen and oxygen atoms in total. The zero-order chi connectivity index (χ0) is 16.7. The van der Waals surface area contributed by atoms with Crippen molar-refractivity contribution in [2.24, 2.45) is 0 Å². The molecule has 0 radical (unpaired) electrons. The molecule has 1 aromatic heterocycles. The largest absolute Gasteiger partial charge is 0.473 e. The van der Waals surface area contributed by atoms with Gasteiger partial charge in [-0.05, 0) is 0 Å². The van der Waals surface area contributed by atoms with Gasteiger partial charge in [-0.1, -0.05) is 0 Å². The predicted octanol–water partition coefficient (Wildman–Crippen LogP) is -0.777. The Kier molecular flexibility index (Phi) is 10.0.